The number of aliphatic hydroxyl groups excluding tert-OH is 1. The molecule has 9 nitrogen and oxygen atoms in total. The molecule has 0 spiro atoms. The van der Waals surface area contributed by atoms with E-state index in [1.807, 2.05) is 31.4 Å². The zero-order chi connectivity index (χ0) is 30.2. The molecule has 0 aliphatic carbocycles. The van der Waals surface area contributed by atoms with Crippen molar-refractivity contribution in [1.29, 1.82) is 0 Å². The number of anilines is 2. The molecule has 2 aliphatic heterocycles. The van der Waals surface area contributed by atoms with Gasteiger partial charge in [0.15, 0.2) is 11.6 Å². The van der Waals surface area contributed by atoms with Gasteiger partial charge in [-0.1, -0.05) is 6.07 Å². The first-order chi connectivity index (χ1) is 20.7. The van der Waals surface area contributed by atoms with Crippen molar-refractivity contribution in [2.45, 2.75) is 64.6 Å². The fraction of sp³-hybridized carbons (Fsp3) is 0.500. The minimum absolute atomic E-state index is 0.0221. The summed E-state index contributed by atoms with van der Waals surface area (Å²) >= 11 is 0. The standard InChI is InChI=1S/C32H40F2N8O/c1-19(2)42-20(3)37-30-25(33)15-23(16-27(30)42)29-26(34)18-36-32(39-29)38-28-6-5-22(17-35-28)31(43)21-7-13-41(14-8-21)24-9-11-40(4)12-10-24/h5-6,15-19,21,24,31,43H,7-14H2,1-4H3,(H,35,36,38,39)/t31-/m1/s1. The number of aliphatic hydroxyl groups is 1. The van der Waals surface area contributed by atoms with E-state index < -0.39 is 17.7 Å². The van der Waals surface area contributed by atoms with Crippen LogP contribution in [0.5, 0.6) is 0 Å². The van der Waals surface area contributed by atoms with Crippen LogP contribution in [0.15, 0.2) is 36.7 Å². The number of imidazole rings is 1. The zero-order valence-electron chi connectivity index (χ0n) is 25.3. The lowest BCUT2D eigenvalue weighted by molar-refractivity contribution is 0.0318. The topological polar surface area (TPSA) is 95.2 Å². The van der Waals surface area contributed by atoms with E-state index in [1.54, 1.807) is 18.3 Å². The highest BCUT2D eigenvalue weighted by molar-refractivity contribution is 5.83. The number of halogens is 2. The molecule has 2 aliphatic rings. The maximum Gasteiger partial charge on any atom is 0.229 e. The Morgan fingerprint density at radius 2 is 1.67 bits per heavy atom. The smallest absolute Gasteiger partial charge is 0.229 e. The number of benzene rings is 1. The Bertz CT molecular complexity index is 1570. The van der Waals surface area contributed by atoms with Crippen LogP contribution in [0.3, 0.4) is 0 Å². The molecule has 0 radical (unpaired) electrons. The van der Waals surface area contributed by atoms with Crippen molar-refractivity contribution in [3.05, 3.63) is 59.7 Å². The van der Waals surface area contributed by atoms with Crippen LogP contribution >= 0.6 is 0 Å². The first-order valence-electron chi connectivity index (χ1n) is 15.2. The fourth-order valence-corrected chi connectivity index (χ4v) is 6.69. The number of aryl methyl sites for hydroxylation is 1. The minimum atomic E-state index is -0.662. The maximum atomic E-state index is 15.0. The van der Waals surface area contributed by atoms with Gasteiger partial charge in [0, 0.05) is 23.8 Å². The molecule has 0 amide bonds. The molecular weight excluding hydrogens is 550 g/mol. The summed E-state index contributed by atoms with van der Waals surface area (Å²) in [5.74, 6) is 0.271. The van der Waals surface area contributed by atoms with Crippen molar-refractivity contribution in [2.24, 2.45) is 5.92 Å². The quantitative estimate of drug-likeness (QED) is 0.286. The number of hydrogen-bond acceptors (Lipinski definition) is 8. The summed E-state index contributed by atoms with van der Waals surface area (Å²) in [5, 5.41) is 14.1. The highest BCUT2D eigenvalue weighted by Crippen LogP contribution is 2.33. The molecule has 3 aromatic heterocycles. The van der Waals surface area contributed by atoms with Gasteiger partial charge in [0.1, 0.15) is 22.9 Å². The highest BCUT2D eigenvalue weighted by Gasteiger charge is 2.31. The Balaban J connectivity index is 1.13. The Morgan fingerprint density at radius 3 is 2.35 bits per heavy atom. The van der Waals surface area contributed by atoms with Gasteiger partial charge in [0.25, 0.3) is 0 Å². The van der Waals surface area contributed by atoms with Crippen LogP contribution in [0.25, 0.3) is 22.3 Å². The van der Waals surface area contributed by atoms with Crippen molar-refractivity contribution in [1.82, 2.24) is 34.3 Å². The lowest BCUT2D eigenvalue weighted by Gasteiger charge is -2.42. The van der Waals surface area contributed by atoms with Crippen LogP contribution in [-0.2, 0) is 0 Å². The van der Waals surface area contributed by atoms with E-state index in [9.17, 15) is 9.50 Å². The third-order valence-electron chi connectivity index (χ3n) is 9.05. The van der Waals surface area contributed by atoms with Crippen molar-refractivity contribution in [3.8, 4) is 11.3 Å². The van der Waals surface area contributed by atoms with Crippen LogP contribution in [0.2, 0.25) is 0 Å². The molecule has 5 heterocycles. The van der Waals surface area contributed by atoms with Gasteiger partial charge in [-0.25, -0.2) is 28.7 Å². The second kappa shape index (κ2) is 12.2. The number of hydrogen-bond donors (Lipinski definition) is 2. The van der Waals surface area contributed by atoms with E-state index in [4.69, 9.17) is 0 Å². The molecule has 2 fully saturated rings. The van der Waals surface area contributed by atoms with Gasteiger partial charge in [-0.15, -0.1) is 0 Å². The second-order valence-electron chi connectivity index (χ2n) is 12.3. The fourth-order valence-electron chi connectivity index (χ4n) is 6.69. The van der Waals surface area contributed by atoms with Gasteiger partial charge in [-0.3, -0.25) is 0 Å². The third-order valence-corrected chi connectivity index (χ3v) is 9.05. The molecule has 0 unspecified atom stereocenters. The predicted molar refractivity (Wildman–Crippen MR) is 163 cm³/mol. The molecule has 4 aromatic rings. The SMILES string of the molecule is Cc1nc2c(F)cc(-c3nc(Nc4ccc([C@H](O)C5CCN(C6CCN(C)CC6)CC5)cn4)ncc3F)cc2n1C(C)C. The summed E-state index contributed by atoms with van der Waals surface area (Å²) < 4.78 is 31.9. The number of pyridine rings is 1. The first-order valence-corrected chi connectivity index (χ1v) is 15.2. The van der Waals surface area contributed by atoms with E-state index in [-0.39, 0.29) is 29.1 Å². The van der Waals surface area contributed by atoms with Gasteiger partial charge < -0.3 is 24.8 Å². The molecular formula is C32H40F2N8O. The Kier molecular flexibility index (Phi) is 8.39. The molecule has 0 bridgehead atoms. The van der Waals surface area contributed by atoms with Crippen molar-refractivity contribution >= 4 is 22.8 Å². The van der Waals surface area contributed by atoms with Crippen molar-refractivity contribution in [2.75, 3.05) is 38.5 Å². The number of nitrogens with one attached hydrogen (secondary N) is 1. The maximum absolute atomic E-state index is 15.0. The minimum Gasteiger partial charge on any atom is -0.388 e. The molecule has 2 N–H and O–H groups in total. The van der Waals surface area contributed by atoms with Crippen LogP contribution in [0.4, 0.5) is 20.5 Å². The Labute approximate surface area is 251 Å². The molecule has 11 heteroatoms. The summed E-state index contributed by atoms with van der Waals surface area (Å²) in [6.45, 7) is 10.1. The van der Waals surface area contributed by atoms with E-state index in [2.05, 4.69) is 42.1 Å². The van der Waals surface area contributed by atoms with E-state index in [0.29, 0.717) is 28.8 Å². The summed E-state index contributed by atoms with van der Waals surface area (Å²) in [6, 6.07) is 7.28. The average molecular weight is 591 g/mol. The lowest BCUT2D eigenvalue weighted by atomic mass is 9.87. The predicted octanol–water partition coefficient (Wildman–Crippen LogP) is 5.64. The van der Waals surface area contributed by atoms with Crippen molar-refractivity contribution in [3.63, 3.8) is 0 Å². The summed E-state index contributed by atoms with van der Waals surface area (Å²) in [7, 11) is 2.19. The van der Waals surface area contributed by atoms with Crippen LogP contribution in [0, 0.1) is 24.5 Å². The van der Waals surface area contributed by atoms with Gasteiger partial charge in [0.05, 0.1) is 17.8 Å². The summed E-state index contributed by atoms with van der Waals surface area (Å²) in [4.78, 5) is 22.2. The number of aromatic nitrogens is 5. The highest BCUT2D eigenvalue weighted by atomic mass is 19.1. The van der Waals surface area contributed by atoms with E-state index >= 15 is 4.39 Å². The normalized spacial score (nSPS) is 18.5. The van der Waals surface area contributed by atoms with Crippen LogP contribution < -0.4 is 5.32 Å². The monoisotopic (exact) mass is 590 g/mol. The van der Waals surface area contributed by atoms with Gasteiger partial charge in [-0.05, 0) is 109 Å². The van der Waals surface area contributed by atoms with Gasteiger partial charge >= 0.3 is 0 Å². The van der Waals surface area contributed by atoms with Crippen LogP contribution in [-0.4, -0.2) is 78.7 Å². The molecule has 0 saturated carbocycles. The largest absolute Gasteiger partial charge is 0.388 e. The number of nitrogens with zero attached hydrogens (tertiary/aromatic N) is 7. The van der Waals surface area contributed by atoms with Crippen LogP contribution in [0.1, 0.15) is 63.1 Å². The van der Waals surface area contributed by atoms with E-state index in [0.717, 1.165) is 50.8 Å². The molecule has 1 aromatic carbocycles. The molecule has 6 rings (SSSR count). The third kappa shape index (κ3) is 6.11. The molecule has 43 heavy (non-hydrogen) atoms. The van der Waals surface area contributed by atoms with E-state index in [1.165, 1.54) is 18.9 Å². The molecule has 1 atom stereocenters. The molecule has 228 valence electrons. The van der Waals surface area contributed by atoms with Gasteiger partial charge in [0.2, 0.25) is 5.95 Å². The summed E-state index contributed by atoms with van der Waals surface area (Å²) in [6.07, 6.45) is 6.51. The number of fused-ring (bicyclic) bond motifs is 1. The van der Waals surface area contributed by atoms with Gasteiger partial charge in [-0.2, -0.15) is 0 Å². The molecule has 2 saturated heterocycles. The number of likely N-dealkylation sites (tertiary alicyclic amines) is 2. The Hall–Kier alpha value is -3.54. The lowest BCUT2D eigenvalue weighted by Crippen LogP contribution is -2.47. The first kappa shape index (κ1) is 29.5. The second-order valence-corrected chi connectivity index (χ2v) is 12.3. The Morgan fingerprint density at radius 1 is 0.930 bits per heavy atom. The average Bonchev–Trinajstić information content (AvgIpc) is 3.35. The summed E-state index contributed by atoms with van der Waals surface area (Å²) in [5.41, 5.74) is 1.87. The van der Waals surface area contributed by atoms with Crippen molar-refractivity contribution < 1.29 is 13.9 Å². The zero-order valence-corrected chi connectivity index (χ0v) is 25.3. The number of rotatable bonds is 7. The number of piperidine rings is 2.